The van der Waals surface area contributed by atoms with Gasteiger partial charge in [0.1, 0.15) is 0 Å². The molecule has 2 bridgehead atoms. The van der Waals surface area contributed by atoms with Gasteiger partial charge in [-0.2, -0.15) is 0 Å². The van der Waals surface area contributed by atoms with E-state index in [0.29, 0.717) is 30.0 Å². The predicted octanol–water partition coefficient (Wildman–Crippen LogP) is 1.53. The summed E-state index contributed by atoms with van der Waals surface area (Å²) in [6, 6.07) is 1.89. The first-order valence-corrected chi connectivity index (χ1v) is 6.84. The molecule has 3 fully saturated rings. The molecule has 0 aromatic carbocycles. The lowest BCUT2D eigenvalue weighted by molar-refractivity contribution is -0.135. The van der Waals surface area contributed by atoms with E-state index in [4.69, 9.17) is 0 Å². The summed E-state index contributed by atoms with van der Waals surface area (Å²) in [5.41, 5.74) is 0. The summed E-state index contributed by atoms with van der Waals surface area (Å²) in [6.07, 6.45) is 7.26. The van der Waals surface area contributed by atoms with E-state index < -0.39 is 0 Å². The molecule has 1 amide bonds. The summed E-state index contributed by atoms with van der Waals surface area (Å²) < 4.78 is 0. The largest absolute Gasteiger partial charge is 0.340 e. The molecule has 16 heavy (non-hydrogen) atoms. The molecule has 0 aromatic rings. The lowest BCUT2D eigenvalue weighted by Gasteiger charge is -2.37. The second-order valence-electron chi connectivity index (χ2n) is 5.66. The van der Waals surface area contributed by atoms with Gasteiger partial charge >= 0.3 is 0 Å². The molecule has 2 atom stereocenters. The molecule has 0 aromatic heterocycles. The van der Waals surface area contributed by atoms with Gasteiger partial charge in [-0.3, -0.25) is 4.79 Å². The van der Waals surface area contributed by atoms with Crippen molar-refractivity contribution in [3.05, 3.63) is 0 Å². The van der Waals surface area contributed by atoms with E-state index in [1.165, 1.54) is 25.7 Å². The minimum Gasteiger partial charge on any atom is -0.340 e. The third kappa shape index (κ3) is 1.86. The van der Waals surface area contributed by atoms with Crippen LogP contribution in [0.3, 0.4) is 0 Å². The third-order valence-electron chi connectivity index (χ3n) is 4.44. The van der Waals surface area contributed by atoms with E-state index in [1.54, 1.807) is 0 Å². The molecule has 2 heterocycles. The fourth-order valence-corrected chi connectivity index (χ4v) is 3.44. The monoisotopic (exact) mass is 222 g/mol. The van der Waals surface area contributed by atoms with Crippen LogP contribution in [0.5, 0.6) is 0 Å². The summed E-state index contributed by atoms with van der Waals surface area (Å²) in [6.45, 7) is 3.03. The van der Waals surface area contributed by atoms with Gasteiger partial charge in [-0.1, -0.05) is 0 Å². The SMILES string of the molecule is CCN(C(=O)C1CC1)C1CC2CCC(C1)N2. The molecule has 1 aliphatic carbocycles. The van der Waals surface area contributed by atoms with E-state index in [9.17, 15) is 4.79 Å². The average Bonchev–Trinajstić information content (AvgIpc) is 3.07. The van der Waals surface area contributed by atoms with Crippen LogP contribution in [0.1, 0.15) is 45.4 Å². The van der Waals surface area contributed by atoms with Crippen molar-refractivity contribution in [3.8, 4) is 0 Å². The maximum atomic E-state index is 12.2. The molecule has 0 radical (unpaired) electrons. The van der Waals surface area contributed by atoms with Crippen LogP contribution in [0, 0.1) is 5.92 Å². The second kappa shape index (κ2) is 4.02. The number of nitrogens with zero attached hydrogens (tertiary/aromatic N) is 1. The van der Waals surface area contributed by atoms with Crippen molar-refractivity contribution in [1.82, 2.24) is 10.2 Å². The van der Waals surface area contributed by atoms with Gasteiger partial charge in [0.2, 0.25) is 5.91 Å². The summed E-state index contributed by atoms with van der Waals surface area (Å²) >= 11 is 0. The first-order valence-electron chi connectivity index (χ1n) is 6.84. The Morgan fingerprint density at radius 3 is 2.31 bits per heavy atom. The molecular weight excluding hydrogens is 200 g/mol. The van der Waals surface area contributed by atoms with Gasteiger partial charge in [0.25, 0.3) is 0 Å². The maximum Gasteiger partial charge on any atom is 0.225 e. The fourth-order valence-electron chi connectivity index (χ4n) is 3.44. The Kier molecular flexibility index (Phi) is 2.66. The van der Waals surface area contributed by atoms with Gasteiger partial charge in [0.15, 0.2) is 0 Å². The highest BCUT2D eigenvalue weighted by atomic mass is 16.2. The van der Waals surface area contributed by atoms with Gasteiger partial charge in [0.05, 0.1) is 0 Å². The molecule has 90 valence electrons. The van der Waals surface area contributed by atoms with E-state index in [0.717, 1.165) is 19.4 Å². The van der Waals surface area contributed by atoms with Crippen LogP contribution >= 0.6 is 0 Å². The zero-order chi connectivity index (χ0) is 11.1. The van der Waals surface area contributed by atoms with E-state index in [-0.39, 0.29) is 0 Å². The van der Waals surface area contributed by atoms with Crippen LogP contribution in [0.4, 0.5) is 0 Å². The number of hydrogen-bond donors (Lipinski definition) is 1. The third-order valence-corrected chi connectivity index (χ3v) is 4.44. The molecule has 3 nitrogen and oxygen atoms in total. The molecule has 2 unspecified atom stereocenters. The molecule has 2 aliphatic heterocycles. The zero-order valence-corrected chi connectivity index (χ0v) is 10.1. The first kappa shape index (κ1) is 10.6. The fraction of sp³-hybridized carbons (Fsp3) is 0.923. The Labute approximate surface area is 97.6 Å². The standard InChI is InChI=1S/C13H22N2O/c1-2-15(13(16)9-3-4-9)12-7-10-5-6-11(8-12)14-10/h9-12,14H,2-8H2,1H3. The van der Waals surface area contributed by atoms with Crippen molar-refractivity contribution in [2.75, 3.05) is 6.54 Å². The highest BCUT2D eigenvalue weighted by Gasteiger charge is 2.40. The van der Waals surface area contributed by atoms with Crippen LogP contribution in [0.15, 0.2) is 0 Å². The van der Waals surface area contributed by atoms with Gasteiger partial charge in [-0.25, -0.2) is 0 Å². The Hall–Kier alpha value is -0.570. The van der Waals surface area contributed by atoms with Crippen molar-refractivity contribution in [2.45, 2.75) is 63.6 Å². The smallest absolute Gasteiger partial charge is 0.225 e. The summed E-state index contributed by atoms with van der Waals surface area (Å²) in [5, 5.41) is 3.65. The summed E-state index contributed by atoms with van der Waals surface area (Å²) in [5.74, 6) is 0.821. The minimum absolute atomic E-state index is 0.382. The summed E-state index contributed by atoms with van der Waals surface area (Å²) in [4.78, 5) is 14.3. The topological polar surface area (TPSA) is 32.3 Å². The molecule has 1 saturated carbocycles. The van der Waals surface area contributed by atoms with Crippen LogP contribution in [-0.2, 0) is 4.79 Å². The van der Waals surface area contributed by atoms with Crippen molar-refractivity contribution in [2.24, 2.45) is 5.92 Å². The Balaban J connectivity index is 1.67. The highest BCUT2D eigenvalue weighted by molar-refractivity contribution is 5.81. The van der Waals surface area contributed by atoms with Crippen molar-refractivity contribution in [1.29, 1.82) is 0 Å². The van der Waals surface area contributed by atoms with Gasteiger partial charge in [-0.15, -0.1) is 0 Å². The van der Waals surface area contributed by atoms with Gasteiger partial charge < -0.3 is 10.2 Å². The lowest BCUT2D eigenvalue weighted by atomic mass is 9.97. The number of rotatable bonds is 3. The maximum absolute atomic E-state index is 12.2. The second-order valence-corrected chi connectivity index (χ2v) is 5.66. The van der Waals surface area contributed by atoms with E-state index in [1.807, 2.05) is 0 Å². The van der Waals surface area contributed by atoms with Crippen LogP contribution in [0.25, 0.3) is 0 Å². The molecular formula is C13H22N2O. The predicted molar refractivity (Wildman–Crippen MR) is 63.1 cm³/mol. The van der Waals surface area contributed by atoms with Crippen LogP contribution in [-0.4, -0.2) is 35.5 Å². The van der Waals surface area contributed by atoms with Gasteiger partial charge in [0, 0.05) is 30.6 Å². The number of nitrogens with one attached hydrogen (secondary N) is 1. The highest BCUT2D eigenvalue weighted by Crippen LogP contribution is 2.35. The molecule has 0 spiro atoms. The molecule has 3 rings (SSSR count). The number of carbonyl (C=O) groups excluding carboxylic acids is 1. The van der Waals surface area contributed by atoms with Crippen molar-refractivity contribution < 1.29 is 4.79 Å². The molecule has 2 saturated heterocycles. The Bertz CT molecular complexity index is 276. The number of piperidine rings is 1. The molecule has 1 N–H and O–H groups in total. The molecule has 3 heteroatoms. The lowest BCUT2D eigenvalue weighted by Crippen LogP contribution is -2.50. The Morgan fingerprint density at radius 1 is 1.19 bits per heavy atom. The number of carbonyl (C=O) groups is 1. The number of fused-ring (bicyclic) bond motifs is 2. The van der Waals surface area contributed by atoms with E-state index in [2.05, 4.69) is 17.1 Å². The summed E-state index contributed by atoms with van der Waals surface area (Å²) in [7, 11) is 0. The first-order chi connectivity index (χ1) is 7.78. The Morgan fingerprint density at radius 2 is 1.81 bits per heavy atom. The molecule has 3 aliphatic rings. The average molecular weight is 222 g/mol. The number of hydrogen-bond acceptors (Lipinski definition) is 2. The quantitative estimate of drug-likeness (QED) is 0.785. The van der Waals surface area contributed by atoms with Crippen molar-refractivity contribution in [3.63, 3.8) is 0 Å². The minimum atomic E-state index is 0.382. The van der Waals surface area contributed by atoms with Gasteiger partial charge in [-0.05, 0) is 45.4 Å². The normalized spacial score (nSPS) is 37.4. The van der Waals surface area contributed by atoms with Crippen molar-refractivity contribution >= 4 is 5.91 Å². The zero-order valence-electron chi connectivity index (χ0n) is 10.1. The van der Waals surface area contributed by atoms with Crippen LogP contribution < -0.4 is 5.32 Å². The van der Waals surface area contributed by atoms with E-state index >= 15 is 0 Å². The van der Waals surface area contributed by atoms with Crippen LogP contribution in [0.2, 0.25) is 0 Å². The number of amides is 1.